The fourth-order valence-corrected chi connectivity index (χ4v) is 3.07. The number of hydrogen-bond donors (Lipinski definition) is 1. The molecule has 0 aromatic heterocycles. The molecule has 0 aliphatic carbocycles. The van der Waals surface area contributed by atoms with Crippen LogP contribution in [0.25, 0.3) is 0 Å². The van der Waals surface area contributed by atoms with Crippen molar-refractivity contribution in [3.8, 4) is 0 Å². The van der Waals surface area contributed by atoms with Gasteiger partial charge in [0.05, 0.1) is 0 Å². The number of rotatable bonds is 2. The van der Waals surface area contributed by atoms with Crippen molar-refractivity contribution < 1.29 is 9.50 Å². The molecular formula is C14H10Br2ClFO. The van der Waals surface area contributed by atoms with Crippen molar-refractivity contribution in [2.75, 3.05) is 0 Å². The molecule has 0 radical (unpaired) electrons. The molecule has 100 valence electrons. The third-order valence-corrected chi connectivity index (χ3v) is 4.70. The fraction of sp³-hybridized carbons (Fsp3) is 0.143. The molecule has 5 heteroatoms. The van der Waals surface area contributed by atoms with Gasteiger partial charge in [-0.1, -0.05) is 49.5 Å². The summed E-state index contributed by atoms with van der Waals surface area (Å²) in [6.07, 6.45) is -0.917. The van der Waals surface area contributed by atoms with Gasteiger partial charge in [-0.3, -0.25) is 0 Å². The largest absolute Gasteiger partial charge is 0.384 e. The summed E-state index contributed by atoms with van der Waals surface area (Å²) in [5.74, 6) is -0.426. The zero-order valence-corrected chi connectivity index (χ0v) is 13.9. The predicted molar refractivity (Wildman–Crippen MR) is 82.1 cm³/mol. The summed E-state index contributed by atoms with van der Waals surface area (Å²) in [4.78, 5) is 0. The van der Waals surface area contributed by atoms with Crippen molar-refractivity contribution in [2.24, 2.45) is 0 Å². The molecular weight excluding hydrogens is 398 g/mol. The molecule has 1 N–H and O–H groups in total. The van der Waals surface area contributed by atoms with Crippen LogP contribution < -0.4 is 0 Å². The minimum absolute atomic E-state index is 0.205. The number of aliphatic hydroxyl groups excluding tert-OH is 1. The highest BCUT2D eigenvalue weighted by Crippen LogP contribution is 2.35. The van der Waals surface area contributed by atoms with E-state index in [2.05, 4.69) is 31.9 Å². The molecule has 1 unspecified atom stereocenters. The van der Waals surface area contributed by atoms with Crippen LogP contribution in [-0.2, 0) is 0 Å². The lowest BCUT2D eigenvalue weighted by Gasteiger charge is -2.16. The van der Waals surface area contributed by atoms with Gasteiger partial charge >= 0.3 is 0 Å². The van der Waals surface area contributed by atoms with Gasteiger partial charge in [0.2, 0.25) is 0 Å². The van der Waals surface area contributed by atoms with E-state index in [1.54, 1.807) is 0 Å². The van der Waals surface area contributed by atoms with Gasteiger partial charge < -0.3 is 5.11 Å². The molecule has 0 amide bonds. The van der Waals surface area contributed by atoms with Crippen molar-refractivity contribution in [2.45, 2.75) is 13.0 Å². The van der Waals surface area contributed by atoms with Crippen LogP contribution in [-0.4, -0.2) is 5.11 Å². The average molecular weight is 408 g/mol. The first kappa shape index (κ1) is 15.0. The van der Waals surface area contributed by atoms with Crippen LogP contribution in [0, 0.1) is 12.7 Å². The maximum Gasteiger partial charge on any atom is 0.124 e. The summed E-state index contributed by atoms with van der Waals surface area (Å²) >= 11 is 12.8. The van der Waals surface area contributed by atoms with E-state index in [0.717, 1.165) is 14.5 Å². The Balaban J connectivity index is 2.49. The molecule has 1 atom stereocenters. The number of aliphatic hydroxyl groups is 1. The first-order valence-corrected chi connectivity index (χ1v) is 7.45. The highest BCUT2D eigenvalue weighted by Gasteiger charge is 2.18. The third kappa shape index (κ3) is 3.19. The maximum atomic E-state index is 13.0. The van der Waals surface area contributed by atoms with Gasteiger partial charge in [-0.25, -0.2) is 4.39 Å². The van der Waals surface area contributed by atoms with Gasteiger partial charge in [-0.2, -0.15) is 0 Å². The number of hydrogen-bond acceptors (Lipinski definition) is 1. The van der Waals surface area contributed by atoms with Crippen LogP contribution >= 0.6 is 43.5 Å². The molecule has 0 heterocycles. The Morgan fingerprint density at radius 1 is 1.11 bits per heavy atom. The zero-order chi connectivity index (χ0) is 14.2. The van der Waals surface area contributed by atoms with Crippen LogP contribution in [0.3, 0.4) is 0 Å². The molecule has 2 aromatic carbocycles. The quantitative estimate of drug-likeness (QED) is 0.706. The van der Waals surface area contributed by atoms with E-state index >= 15 is 0 Å². The molecule has 0 saturated heterocycles. The first-order chi connectivity index (χ1) is 8.90. The van der Waals surface area contributed by atoms with Gasteiger partial charge in [0, 0.05) is 25.1 Å². The third-order valence-electron chi connectivity index (χ3n) is 2.83. The minimum Gasteiger partial charge on any atom is -0.384 e. The van der Waals surface area contributed by atoms with Gasteiger partial charge in [-0.05, 0) is 36.8 Å². The van der Waals surface area contributed by atoms with Crippen LogP contribution in [0.15, 0.2) is 39.3 Å². The van der Waals surface area contributed by atoms with Crippen molar-refractivity contribution in [3.63, 3.8) is 0 Å². The monoisotopic (exact) mass is 406 g/mol. The molecule has 1 nitrogen and oxygen atoms in total. The molecule has 2 aromatic rings. The molecule has 0 saturated carbocycles. The Kier molecular flexibility index (Phi) is 4.66. The Morgan fingerprint density at radius 2 is 1.79 bits per heavy atom. The van der Waals surface area contributed by atoms with Crippen LogP contribution in [0.5, 0.6) is 0 Å². The molecule has 19 heavy (non-hydrogen) atoms. The lowest BCUT2D eigenvalue weighted by molar-refractivity contribution is 0.219. The summed E-state index contributed by atoms with van der Waals surface area (Å²) < 4.78 is 14.7. The van der Waals surface area contributed by atoms with E-state index in [4.69, 9.17) is 11.6 Å². The molecule has 0 fully saturated rings. The van der Waals surface area contributed by atoms with Gasteiger partial charge in [0.15, 0.2) is 0 Å². The smallest absolute Gasteiger partial charge is 0.124 e. The number of halogens is 4. The van der Waals surface area contributed by atoms with Gasteiger partial charge in [-0.15, -0.1) is 0 Å². The number of aryl methyl sites for hydroxylation is 1. The summed E-state index contributed by atoms with van der Waals surface area (Å²) in [6.45, 7) is 1.95. The topological polar surface area (TPSA) is 20.2 Å². The second-order valence-corrected chi connectivity index (χ2v) is 6.31. The zero-order valence-electron chi connectivity index (χ0n) is 9.92. The van der Waals surface area contributed by atoms with Crippen molar-refractivity contribution in [3.05, 3.63) is 66.8 Å². The van der Waals surface area contributed by atoms with Crippen molar-refractivity contribution in [1.82, 2.24) is 0 Å². The Bertz CT molecular complexity index is 631. The number of benzene rings is 2. The van der Waals surface area contributed by atoms with Gasteiger partial charge in [0.1, 0.15) is 11.9 Å². The standard InChI is InChI=1S/C14H10Br2ClFO/c1-7-4-12(16)10(6-11(7)15)14(19)9-3-2-8(18)5-13(9)17/h2-6,14,19H,1H3. The molecule has 0 spiro atoms. The normalized spacial score (nSPS) is 12.5. The summed E-state index contributed by atoms with van der Waals surface area (Å²) in [6, 6.07) is 7.69. The highest BCUT2D eigenvalue weighted by molar-refractivity contribution is 9.11. The van der Waals surface area contributed by atoms with E-state index in [0.29, 0.717) is 11.1 Å². The second-order valence-electron chi connectivity index (χ2n) is 4.19. The van der Waals surface area contributed by atoms with E-state index in [-0.39, 0.29) is 5.02 Å². The SMILES string of the molecule is Cc1cc(Br)c(C(O)c2ccc(F)cc2Cl)cc1Br. The van der Waals surface area contributed by atoms with E-state index in [1.165, 1.54) is 18.2 Å². The lowest BCUT2D eigenvalue weighted by atomic mass is 10.0. The average Bonchev–Trinajstić information content (AvgIpc) is 2.33. The first-order valence-electron chi connectivity index (χ1n) is 5.48. The van der Waals surface area contributed by atoms with E-state index < -0.39 is 11.9 Å². The van der Waals surface area contributed by atoms with E-state index in [9.17, 15) is 9.50 Å². The molecule has 2 rings (SSSR count). The summed E-state index contributed by atoms with van der Waals surface area (Å²) in [5.41, 5.74) is 2.19. The highest BCUT2D eigenvalue weighted by atomic mass is 79.9. The van der Waals surface area contributed by atoms with Gasteiger partial charge in [0.25, 0.3) is 0 Å². The molecule has 0 bridgehead atoms. The maximum absolute atomic E-state index is 13.0. The Hall–Kier alpha value is -0.420. The lowest BCUT2D eigenvalue weighted by Crippen LogP contribution is -2.02. The van der Waals surface area contributed by atoms with Crippen LogP contribution in [0.1, 0.15) is 22.8 Å². The predicted octanol–water partition coefficient (Wildman–Crippen LogP) is 5.39. The van der Waals surface area contributed by atoms with Crippen LogP contribution in [0.4, 0.5) is 4.39 Å². The van der Waals surface area contributed by atoms with Crippen LogP contribution in [0.2, 0.25) is 5.02 Å². The Labute approximate surface area is 132 Å². The Morgan fingerprint density at radius 3 is 2.42 bits per heavy atom. The molecule has 0 aliphatic rings. The fourth-order valence-electron chi connectivity index (χ4n) is 1.76. The summed E-state index contributed by atoms with van der Waals surface area (Å²) in [5, 5.41) is 10.6. The van der Waals surface area contributed by atoms with Crippen molar-refractivity contribution in [1.29, 1.82) is 0 Å². The van der Waals surface area contributed by atoms with E-state index in [1.807, 2.05) is 19.1 Å². The minimum atomic E-state index is -0.917. The molecule has 0 aliphatic heterocycles. The second kappa shape index (κ2) is 5.92. The van der Waals surface area contributed by atoms with Crippen molar-refractivity contribution >= 4 is 43.5 Å². The summed E-state index contributed by atoms with van der Waals surface area (Å²) in [7, 11) is 0.